The second-order valence-electron chi connectivity index (χ2n) is 6.55. The van der Waals surface area contributed by atoms with Crippen LogP contribution in [0.15, 0.2) is 0 Å². The predicted molar refractivity (Wildman–Crippen MR) is 74.0 cm³/mol. The summed E-state index contributed by atoms with van der Waals surface area (Å²) >= 11 is 0. The number of carbonyl (C=O) groups is 2. The Morgan fingerprint density at radius 3 is 2.42 bits per heavy atom. The van der Waals surface area contributed by atoms with Crippen LogP contribution in [0.4, 0.5) is 4.79 Å². The van der Waals surface area contributed by atoms with Crippen molar-refractivity contribution in [3.05, 3.63) is 0 Å². The van der Waals surface area contributed by atoms with Crippen LogP contribution in [0.1, 0.15) is 52.9 Å². The maximum atomic E-state index is 11.8. The van der Waals surface area contributed by atoms with Gasteiger partial charge in [0.2, 0.25) is 0 Å². The first-order chi connectivity index (χ1) is 8.79. The van der Waals surface area contributed by atoms with E-state index in [0.717, 1.165) is 25.7 Å². The summed E-state index contributed by atoms with van der Waals surface area (Å²) in [5.74, 6) is -1.25. The van der Waals surface area contributed by atoms with E-state index in [4.69, 9.17) is 5.11 Å². The quantitative estimate of drug-likeness (QED) is 0.733. The molecule has 0 aromatic heterocycles. The number of rotatable bonds is 4. The van der Waals surface area contributed by atoms with Crippen molar-refractivity contribution in [3.8, 4) is 0 Å². The maximum Gasteiger partial charge on any atom is 0.315 e. The van der Waals surface area contributed by atoms with Crippen LogP contribution in [0.25, 0.3) is 0 Å². The van der Waals surface area contributed by atoms with Gasteiger partial charge >= 0.3 is 12.0 Å². The minimum atomic E-state index is -0.806. The minimum absolute atomic E-state index is 0.182. The van der Waals surface area contributed by atoms with Crippen molar-refractivity contribution in [3.63, 3.8) is 0 Å². The van der Waals surface area contributed by atoms with E-state index in [1.54, 1.807) is 0 Å². The van der Waals surface area contributed by atoms with Crippen LogP contribution in [-0.2, 0) is 4.79 Å². The first-order valence-electron chi connectivity index (χ1n) is 7.07. The molecule has 1 saturated carbocycles. The lowest BCUT2D eigenvalue weighted by molar-refractivity contribution is -0.143. The Bertz CT molecular complexity index is 323. The Morgan fingerprint density at radius 1 is 1.21 bits per heavy atom. The molecule has 0 aromatic carbocycles. The van der Waals surface area contributed by atoms with Crippen LogP contribution in [0.2, 0.25) is 0 Å². The molecule has 0 radical (unpaired) electrons. The van der Waals surface area contributed by atoms with Gasteiger partial charge in [0.1, 0.15) is 0 Å². The molecular formula is C14H26N2O3. The summed E-state index contributed by atoms with van der Waals surface area (Å²) in [4.78, 5) is 22.9. The van der Waals surface area contributed by atoms with Crippen LogP contribution in [-0.4, -0.2) is 29.7 Å². The molecule has 110 valence electrons. The highest BCUT2D eigenvalue weighted by molar-refractivity contribution is 5.76. The molecule has 1 aliphatic rings. The number of carboxylic acid groups (broad SMARTS) is 1. The lowest BCUT2D eigenvalue weighted by Crippen LogP contribution is -2.49. The Balaban J connectivity index is 2.36. The second kappa shape index (κ2) is 6.78. The van der Waals surface area contributed by atoms with Crippen molar-refractivity contribution in [1.29, 1.82) is 0 Å². The molecule has 2 unspecified atom stereocenters. The number of hydrogen-bond acceptors (Lipinski definition) is 2. The zero-order valence-corrected chi connectivity index (χ0v) is 12.2. The summed E-state index contributed by atoms with van der Waals surface area (Å²) in [6, 6.07) is -0.483. The number of hydrogen-bond donors (Lipinski definition) is 3. The fraction of sp³-hybridized carbons (Fsp3) is 0.857. The minimum Gasteiger partial charge on any atom is -0.481 e. The number of carbonyl (C=O) groups excluding carboxylic acids is 1. The number of aliphatic carboxylic acids is 1. The molecule has 0 bridgehead atoms. The molecule has 0 saturated heterocycles. The molecule has 2 atom stereocenters. The van der Waals surface area contributed by atoms with Gasteiger partial charge in [-0.1, -0.05) is 33.6 Å². The third-order valence-corrected chi connectivity index (χ3v) is 3.56. The lowest BCUT2D eigenvalue weighted by atomic mass is 9.84. The van der Waals surface area contributed by atoms with Crippen LogP contribution < -0.4 is 10.6 Å². The maximum absolute atomic E-state index is 11.8. The summed E-state index contributed by atoms with van der Waals surface area (Å²) in [6.45, 7) is 6.97. The molecule has 5 nitrogen and oxygen atoms in total. The molecule has 1 aliphatic carbocycles. The van der Waals surface area contributed by atoms with Crippen molar-refractivity contribution in [2.75, 3.05) is 6.54 Å². The van der Waals surface area contributed by atoms with Gasteiger partial charge in [0.05, 0.1) is 5.92 Å². The average Bonchev–Trinajstić information content (AvgIpc) is 2.27. The van der Waals surface area contributed by atoms with E-state index in [9.17, 15) is 9.59 Å². The molecule has 5 heteroatoms. The van der Waals surface area contributed by atoms with Gasteiger partial charge in [-0.15, -0.1) is 0 Å². The molecule has 0 spiro atoms. The van der Waals surface area contributed by atoms with Gasteiger partial charge in [-0.2, -0.15) is 0 Å². The van der Waals surface area contributed by atoms with Gasteiger partial charge in [-0.3, -0.25) is 4.79 Å². The smallest absolute Gasteiger partial charge is 0.315 e. The van der Waals surface area contributed by atoms with Crippen LogP contribution in [0.3, 0.4) is 0 Å². The van der Waals surface area contributed by atoms with E-state index in [1.807, 2.05) is 0 Å². The first-order valence-corrected chi connectivity index (χ1v) is 7.07. The molecule has 1 fully saturated rings. The van der Waals surface area contributed by atoms with Crippen molar-refractivity contribution in [2.24, 2.45) is 11.3 Å². The van der Waals surface area contributed by atoms with E-state index < -0.39 is 11.9 Å². The van der Waals surface area contributed by atoms with Gasteiger partial charge in [0.25, 0.3) is 0 Å². The topological polar surface area (TPSA) is 78.4 Å². The van der Waals surface area contributed by atoms with Crippen molar-refractivity contribution in [1.82, 2.24) is 10.6 Å². The van der Waals surface area contributed by atoms with Crippen LogP contribution in [0.5, 0.6) is 0 Å². The summed E-state index contributed by atoms with van der Waals surface area (Å²) in [6.07, 6.45) is 4.22. The highest BCUT2D eigenvalue weighted by Gasteiger charge is 2.31. The van der Waals surface area contributed by atoms with Gasteiger partial charge in [-0.05, 0) is 24.7 Å². The first kappa shape index (κ1) is 15.8. The molecule has 2 amide bonds. The third-order valence-electron chi connectivity index (χ3n) is 3.56. The monoisotopic (exact) mass is 270 g/mol. The molecule has 19 heavy (non-hydrogen) atoms. The van der Waals surface area contributed by atoms with Gasteiger partial charge in [-0.25, -0.2) is 4.79 Å². The van der Waals surface area contributed by atoms with Crippen molar-refractivity contribution >= 4 is 12.0 Å². The van der Waals surface area contributed by atoms with Crippen LogP contribution >= 0.6 is 0 Å². The number of carboxylic acids is 1. The Hall–Kier alpha value is -1.26. The highest BCUT2D eigenvalue weighted by Crippen LogP contribution is 2.24. The Kier molecular flexibility index (Phi) is 5.63. The van der Waals surface area contributed by atoms with Crippen molar-refractivity contribution < 1.29 is 14.7 Å². The number of urea groups is 1. The fourth-order valence-electron chi connectivity index (χ4n) is 2.37. The predicted octanol–water partition coefficient (Wildman–Crippen LogP) is 2.37. The van der Waals surface area contributed by atoms with E-state index in [2.05, 4.69) is 31.4 Å². The van der Waals surface area contributed by atoms with E-state index in [1.165, 1.54) is 0 Å². The third kappa shape index (κ3) is 5.94. The summed E-state index contributed by atoms with van der Waals surface area (Å²) in [5, 5.41) is 14.7. The Morgan fingerprint density at radius 2 is 1.84 bits per heavy atom. The zero-order valence-electron chi connectivity index (χ0n) is 12.2. The van der Waals surface area contributed by atoms with Gasteiger partial charge in [0.15, 0.2) is 0 Å². The molecule has 0 aliphatic heterocycles. The average molecular weight is 270 g/mol. The number of amides is 2. The fourth-order valence-corrected chi connectivity index (χ4v) is 2.37. The molecular weight excluding hydrogens is 244 g/mol. The van der Waals surface area contributed by atoms with E-state index in [0.29, 0.717) is 13.0 Å². The summed E-state index contributed by atoms with van der Waals surface area (Å²) < 4.78 is 0. The highest BCUT2D eigenvalue weighted by atomic mass is 16.4. The zero-order chi connectivity index (χ0) is 14.5. The molecule has 3 N–H and O–H groups in total. The molecule has 1 rings (SSSR count). The standard InChI is InChI=1S/C14H26N2O3/c1-14(2,3)8-9-15-13(19)16-11-7-5-4-6-10(11)12(17)18/h10-11H,4-9H2,1-3H3,(H,17,18)(H2,15,16,19). The summed E-state index contributed by atoms with van der Waals surface area (Å²) in [5.41, 5.74) is 0.182. The molecule has 0 aromatic rings. The molecule has 0 heterocycles. The normalized spacial score (nSPS) is 23.7. The number of nitrogens with one attached hydrogen (secondary N) is 2. The SMILES string of the molecule is CC(C)(C)CCNC(=O)NC1CCCCC1C(=O)O. The van der Waals surface area contributed by atoms with E-state index >= 15 is 0 Å². The van der Waals surface area contributed by atoms with E-state index in [-0.39, 0.29) is 17.5 Å². The summed E-state index contributed by atoms with van der Waals surface area (Å²) in [7, 11) is 0. The largest absolute Gasteiger partial charge is 0.481 e. The lowest BCUT2D eigenvalue weighted by Gasteiger charge is -2.29. The second-order valence-corrected chi connectivity index (χ2v) is 6.55. The van der Waals surface area contributed by atoms with Crippen molar-refractivity contribution in [2.45, 2.75) is 58.9 Å². The van der Waals surface area contributed by atoms with Gasteiger partial charge < -0.3 is 15.7 Å². The van der Waals surface area contributed by atoms with Crippen LogP contribution in [0, 0.1) is 11.3 Å². The van der Waals surface area contributed by atoms with Gasteiger partial charge in [0, 0.05) is 12.6 Å². The Labute approximate surface area is 115 Å².